The van der Waals surface area contributed by atoms with Crippen molar-refractivity contribution in [1.29, 1.82) is 0 Å². The van der Waals surface area contributed by atoms with Gasteiger partial charge < -0.3 is 15.4 Å². The van der Waals surface area contributed by atoms with Gasteiger partial charge in [-0.15, -0.1) is 11.3 Å². The Kier molecular flexibility index (Phi) is 5.78. The number of fused-ring (bicyclic) bond motifs is 1. The molecule has 1 atom stereocenters. The third-order valence-electron chi connectivity index (χ3n) is 7.17. The molecule has 3 aliphatic heterocycles. The SMILES string of the molecule is CCCN1C(=O)OC2(CCCN(C3CCN(C(=O)c4c(N)sc5ccccc45)CC3)C2)C1=O. The number of likely N-dealkylation sites (tertiary alicyclic amines) is 2. The lowest BCUT2D eigenvalue weighted by Gasteiger charge is -2.44. The summed E-state index contributed by atoms with van der Waals surface area (Å²) in [5.74, 6) is -0.194. The van der Waals surface area contributed by atoms with E-state index in [1.807, 2.05) is 36.1 Å². The second-order valence-corrected chi connectivity index (χ2v) is 10.3. The van der Waals surface area contributed by atoms with Crippen LogP contribution in [0, 0.1) is 0 Å². The van der Waals surface area contributed by atoms with Gasteiger partial charge in [-0.05, 0) is 44.7 Å². The summed E-state index contributed by atoms with van der Waals surface area (Å²) in [5, 5.41) is 1.49. The number of carbonyl (C=O) groups excluding carboxylic acids is 3. The average Bonchev–Trinajstić information content (AvgIpc) is 3.27. The molecule has 1 aromatic heterocycles. The molecular formula is C24H30N4O4S. The number of imide groups is 1. The molecule has 8 nitrogen and oxygen atoms in total. The maximum Gasteiger partial charge on any atom is 0.417 e. The first-order valence-electron chi connectivity index (χ1n) is 11.8. The summed E-state index contributed by atoms with van der Waals surface area (Å²) in [4.78, 5) is 44.0. The highest BCUT2D eigenvalue weighted by atomic mass is 32.1. The molecule has 33 heavy (non-hydrogen) atoms. The molecule has 3 amide bonds. The number of ether oxygens (including phenoxy) is 1. The highest BCUT2D eigenvalue weighted by molar-refractivity contribution is 7.23. The van der Waals surface area contributed by atoms with Crippen LogP contribution in [0.25, 0.3) is 10.1 Å². The molecule has 0 saturated carbocycles. The van der Waals surface area contributed by atoms with Crippen LogP contribution < -0.4 is 5.73 Å². The molecule has 9 heteroatoms. The predicted octanol–water partition coefficient (Wildman–Crippen LogP) is 3.31. The molecule has 176 valence electrons. The molecule has 2 N–H and O–H groups in total. The van der Waals surface area contributed by atoms with Crippen LogP contribution in [-0.4, -0.2) is 77.0 Å². The van der Waals surface area contributed by atoms with Gasteiger partial charge in [0, 0.05) is 42.3 Å². The van der Waals surface area contributed by atoms with E-state index in [4.69, 9.17) is 10.5 Å². The molecular weight excluding hydrogens is 440 g/mol. The van der Waals surface area contributed by atoms with E-state index >= 15 is 0 Å². The molecule has 3 fully saturated rings. The van der Waals surface area contributed by atoms with E-state index in [1.165, 1.54) is 16.2 Å². The quantitative estimate of drug-likeness (QED) is 0.737. The minimum Gasteiger partial charge on any atom is -0.431 e. The van der Waals surface area contributed by atoms with E-state index < -0.39 is 11.7 Å². The van der Waals surface area contributed by atoms with Crippen LogP contribution >= 0.6 is 11.3 Å². The van der Waals surface area contributed by atoms with Crippen LogP contribution in [0.3, 0.4) is 0 Å². The van der Waals surface area contributed by atoms with Crippen molar-refractivity contribution in [2.24, 2.45) is 0 Å². The van der Waals surface area contributed by atoms with Gasteiger partial charge in [0.2, 0.25) is 5.60 Å². The van der Waals surface area contributed by atoms with Gasteiger partial charge in [-0.1, -0.05) is 25.1 Å². The molecule has 0 aliphatic carbocycles. The van der Waals surface area contributed by atoms with Crippen LogP contribution in [0.1, 0.15) is 49.4 Å². The summed E-state index contributed by atoms with van der Waals surface area (Å²) < 4.78 is 6.70. The molecule has 4 heterocycles. The normalized spacial score (nSPS) is 24.8. The molecule has 1 aromatic carbocycles. The monoisotopic (exact) mass is 470 g/mol. The lowest BCUT2D eigenvalue weighted by molar-refractivity contribution is -0.142. The highest BCUT2D eigenvalue weighted by Gasteiger charge is 2.56. The Morgan fingerprint density at radius 3 is 2.73 bits per heavy atom. The summed E-state index contributed by atoms with van der Waals surface area (Å²) in [7, 11) is 0. The van der Waals surface area contributed by atoms with Crippen LogP contribution in [0.2, 0.25) is 0 Å². The predicted molar refractivity (Wildman–Crippen MR) is 127 cm³/mol. The number of carbonyl (C=O) groups is 3. The fraction of sp³-hybridized carbons (Fsp3) is 0.542. The Balaban J connectivity index is 1.25. The summed E-state index contributed by atoms with van der Waals surface area (Å²) in [6.45, 7) is 4.96. The molecule has 2 aromatic rings. The largest absolute Gasteiger partial charge is 0.431 e. The fourth-order valence-corrected chi connectivity index (χ4v) is 6.47. The topological polar surface area (TPSA) is 96.2 Å². The second-order valence-electron chi connectivity index (χ2n) is 9.25. The summed E-state index contributed by atoms with van der Waals surface area (Å²) >= 11 is 1.45. The first-order valence-corrected chi connectivity index (χ1v) is 12.6. The number of piperidine rings is 2. The minimum atomic E-state index is -1.04. The van der Waals surface area contributed by atoms with Crippen molar-refractivity contribution in [2.75, 3.05) is 38.5 Å². The third-order valence-corrected chi connectivity index (χ3v) is 8.17. The molecule has 3 aliphatic rings. The number of hydrogen-bond acceptors (Lipinski definition) is 7. The minimum absolute atomic E-state index is 0.00591. The summed E-state index contributed by atoms with van der Waals surface area (Å²) in [6.07, 6.45) is 3.25. The molecule has 1 unspecified atom stereocenters. The first kappa shape index (κ1) is 22.2. The van der Waals surface area contributed by atoms with Crippen LogP contribution in [0.5, 0.6) is 0 Å². The van der Waals surface area contributed by atoms with Crippen molar-refractivity contribution < 1.29 is 19.1 Å². The van der Waals surface area contributed by atoms with E-state index in [9.17, 15) is 14.4 Å². The Morgan fingerprint density at radius 1 is 1.21 bits per heavy atom. The van der Waals surface area contributed by atoms with E-state index in [0.29, 0.717) is 43.2 Å². The Bertz CT molecular complexity index is 1090. The third kappa shape index (κ3) is 3.77. The lowest BCUT2D eigenvalue weighted by Crippen LogP contribution is -2.58. The van der Waals surface area contributed by atoms with Gasteiger partial charge in [-0.3, -0.25) is 14.5 Å². The Labute approximate surface area is 197 Å². The van der Waals surface area contributed by atoms with Gasteiger partial charge in [0.25, 0.3) is 11.8 Å². The van der Waals surface area contributed by atoms with Crippen molar-refractivity contribution in [3.05, 3.63) is 29.8 Å². The number of rotatable bonds is 4. The average molecular weight is 471 g/mol. The number of hydrogen-bond donors (Lipinski definition) is 1. The van der Waals surface area contributed by atoms with E-state index in [2.05, 4.69) is 4.90 Å². The van der Waals surface area contributed by atoms with Crippen molar-refractivity contribution in [2.45, 2.75) is 50.7 Å². The second kappa shape index (κ2) is 8.61. The van der Waals surface area contributed by atoms with Crippen molar-refractivity contribution in [3.63, 3.8) is 0 Å². The molecule has 0 bridgehead atoms. The Morgan fingerprint density at radius 2 is 1.97 bits per heavy atom. The zero-order valence-electron chi connectivity index (χ0n) is 18.9. The zero-order valence-corrected chi connectivity index (χ0v) is 19.7. The summed E-state index contributed by atoms with van der Waals surface area (Å²) in [6, 6.07) is 8.09. The van der Waals surface area contributed by atoms with E-state index in [1.54, 1.807) is 0 Å². The van der Waals surface area contributed by atoms with Crippen molar-refractivity contribution in [3.8, 4) is 0 Å². The number of anilines is 1. The molecule has 3 saturated heterocycles. The van der Waals surface area contributed by atoms with Gasteiger partial charge in [-0.25, -0.2) is 9.69 Å². The Hall–Kier alpha value is -2.65. The molecule has 5 rings (SSSR count). The summed E-state index contributed by atoms with van der Waals surface area (Å²) in [5.41, 5.74) is 5.79. The van der Waals surface area contributed by atoms with Gasteiger partial charge in [0.05, 0.1) is 10.6 Å². The maximum atomic E-state index is 13.3. The molecule has 0 radical (unpaired) electrons. The standard InChI is InChI=1S/C24H30N4O4S/c1-2-11-28-22(30)24(32-23(28)31)10-5-12-27(15-24)16-8-13-26(14-9-16)21(29)19-17-6-3-4-7-18(17)33-20(19)25/h3-4,6-7,16H,2,5,8-15,25H2,1H3. The van der Waals surface area contributed by atoms with Gasteiger partial charge >= 0.3 is 6.09 Å². The number of nitrogens with zero attached hydrogens (tertiary/aromatic N) is 3. The lowest BCUT2D eigenvalue weighted by atomic mass is 9.89. The van der Waals surface area contributed by atoms with Crippen LogP contribution in [-0.2, 0) is 9.53 Å². The molecule has 1 spiro atoms. The van der Waals surface area contributed by atoms with Gasteiger partial charge in [0.15, 0.2) is 0 Å². The van der Waals surface area contributed by atoms with Crippen LogP contribution in [0.4, 0.5) is 9.80 Å². The van der Waals surface area contributed by atoms with Gasteiger partial charge in [-0.2, -0.15) is 0 Å². The smallest absolute Gasteiger partial charge is 0.417 e. The number of thiophene rings is 1. The van der Waals surface area contributed by atoms with E-state index in [0.717, 1.165) is 42.3 Å². The van der Waals surface area contributed by atoms with Crippen molar-refractivity contribution in [1.82, 2.24) is 14.7 Å². The maximum absolute atomic E-state index is 13.3. The fourth-order valence-electron chi connectivity index (χ4n) is 5.51. The number of nitrogens with two attached hydrogens (primary N) is 1. The number of nitrogen functional groups attached to an aromatic ring is 1. The zero-order chi connectivity index (χ0) is 23.2. The highest BCUT2D eigenvalue weighted by Crippen LogP contribution is 2.37. The van der Waals surface area contributed by atoms with Crippen LogP contribution in [0.15, 0.2) is 24.3 Å². The van der Waals surface area contributed by atoms with E-state index in [-0.39, 0.29) is 17.9 Å². The first-order chi connectivity index (χ1) is 15.9. The number of benzene rings is 1. The number of amides is 3. The van der Waals surface area contributed by atoms with Crippen molar-refractivity contribution >= 4 is 44.3 Å². The van der Waals surface area contributed by atoms with Gasteiger partial charge in [0.1, 0.15) is 0 Å².